The van der Waals surface area contributed by atoms with Crippen molar-refractivity contribution in [2.24, 2.45) is 0 Å². The van der Waals surface area contributed by atoms with Gasteiger partial charge in [-0.25, -0.2) is 4.57 Å². The van der Waals surface area contributed by atoms with Gasteiger partial charge in [0, 0.05) is 11.8 Å². The number of nitrogens with one attached hydrogen (secondary N) is 2. The molecule has 1 aliphatic heterocycles. The first kappa shape index (κ1) is 28.6. The molecule has 1 saturated heterocycles. The van der Waals surface area contributed by atoms with Crippen molar-refractivity contribution in [2.45, 2.75) is 64.4 Å². The highest BCUT2D eigenvalue weighted by atomic mass is 32.1. The van der Waals surface area contributed by atoms with Crippen LogP contribution in [0, 0.1) is 16.3 Å². The van der Waals surface area contributed by atoms with E-state index in [-0.39, 0.29) is 16.6 Å². The van der Waals surface area contributed by atoms with Gasteiger partial charge < -0.3 is 29.2 Å². The van der Waals surface area contributed by atoms with E-state index in [2.05, 4.69) is 10.1 Å². The average molecular weight is 560 g/mol. The number of aliphatic hydroxyl groups is 2. The molecule has 11 nitrogen and oxygen atoms in total. The van der Waals surface area contributed by atoms with Gasteiger partial charge in [0.05, 0.1) is 12.7 Å². The second kappa shape index (κ2) is 12.1. The second-order valence-electron chi connectivity index (χ2n) is 8.56. The van der Waals surface area contributed by atoms with Gasteiger partial charge in [0.1, 0.15) is 34.7 Å². The Labute approximate surface area is 219 Å². The van der Waals surface area contributed by atoms with Crippen LogP contribution < -0.4 is 9.61 Å². The van der Waals surface area contributed by atoms with Crippen molar-refractivity contribution >= 4 is 38.2 Å². The molecule has 198 valence electrons. The maximum Gasteiger partial charge on any atom is 0.459 e. The van der Waals surface area contributed by atoms with Gasteiger partial charge in [-0.05, 0) is 52.0 Å². The number of ether oxygens (including phenoxy) is 2. The normalized spacial score (nSPS) is 24.3. The number of para-hydroxylation sites is 1. The highest BCUT2D eigenvalue weighted by Gasteiger charge is 2.45. The van der Waals surface area contributed by atoms with Crippen LogP contribution in [-0.4, -0.2) is 62.8 Å². The molecule has 1 unspecified atom stereocenters. The summed E-state index contributed by atoms with van der Waals surface area (Å²) in [5, 5.41) is 23.8. The van der Waals surface area contributed by atoms with E-state index in [0.29, 0.717) is 10.2 Å². The molecule has 6 atom stereocenters. The summed E-state index contributed by atoms with van der Waals surface area (Å²) in [5.74, 6) is -0.422. The number of benzene rings is 1. The molecule has 2 aromatic rings. The maximum absolute atomic E-state index is 13.6. The predicted molar refractivity (Wildman–Crippen MR) is 136 cm³/mol. The molecular weight excluding hydrogens is 529 g/mol. The highest BCUT2D eigenvalue weighted by Crippen LogP contribution is 2.46. The maximum atomic E-state index is 13.6. The molecule has 1 aromatic heterocycles. The van der Waals surface area contributed by atoms with Crippen LogP contribution in [-0.2, 0) is 23.4 Å². The topological polar surface area (TPSA) is 144 Å². The molecule has 1 aromatic carbocycles. The number of esters is 1. The first-order valence-electron chi connectivity index (χ1n) is 11.2. The molecule has 4 N–H and O–H groups in total. The largest absolute Gasteiger partial charge is 0.462 e. The summed E-state index contributed by atoms with van der Waals surface area (Å²) < 4.78 is 37.8. The number of rotatable bonds is 10. The van der Waals surface area contributed by atoms with Crippen LogP contribution in [0.3, 0.4) is 0 Å². The van der Waals surface area contributed by atoms with E-state index in [1.54, 1.807) is 57.3 Å². The number of aromatic amines is 1. The number of carbonyl (C=O) groups excluding carboxylic acids is 1. The minimum atomic E-state index is -4.18. The summed E-state index contributed by atoms with van der Waals surface area (Å²) in [6.45, 7) is 6.16. The fourth-order valence-electron chi connectivity index (χ4n) is 3.38. The number of hydrogen-bond acceptors (Lipinski definition) is 10. The lowest BCUT2D eigenvalue weighted by Crippen LogP contribution is -2.38. The van der Waals surface area contributed by atoms with Crippen molar-refractivity contribution in [1.82, 2.24) is 14.6 Å². The fraction of sp³-hybridized carbons (Fsp3) is 0.500. The number of hydrogen-bond donors (Lipinski definition) is 4. The Hall–Kier alpha value is -1.96. The summed E-state index contributed by atoms with van der Waals surface area (Å²) in [5.41, 5.74) is 0.691. The zero-order valence-electron chi connectivity index (χ0n) is 20.2. The molecule has 0 aliphatic carbocycles. The summed E-state index contributed by atoms with van der Waals surface area (Å²) in [7, 11) is -4.18. The molecule has 0 amide bonds. The standard InChI is InChI=1S/C22H30N3O8PS2/c1-12(2)31-21(28)14(4)24-34(29,33-15-8-6-5-7-9-15)30-11-16-17(26)18(27)20(32-16)25-10-13(3)19(35)23-22(25)36/h5-10,12,14,16-18,20,26-27H,11H2,1-4H3,(H,24,29)(H,23,35,36)/t14-,16-,17?,18+,20-,34-/m0/s1. The van der Waals surface area contributed by atoms with Crippen molar-refractivity contribution in [3.05, 3.63) is 51.5 Å². The van der Waals surface area contributed by atoms with Crippen molar-refractivity contribution in [3.8, 4) is 5.75 Å². The zero-order valence-corrected chi connectivity index (χ0v) is 22.7. The lowest BCUT2D eigenvalue weighted by atomic mass is 10.1. The molecule has 14 heteroatoms. The number of aryl methyl sites for hydroxylation is 1. The Balaban J connectivity index is 1.77. The SMILES string of the molecule is Cc1cn([C@H]2O[C@@H](CO[P@@](=O)(N[C@@H](C)C(=O)OC(C)C)Oc3ccccc3)C(O)[C@H]2O)c(=S)[nH]c1=S. The Kier molecular flexibility index (Phi) is 9.58. The van der Waals surface area contributed by atoms with Crippen LogP contribution in [0.5, 0.6) is 5.75 Å². The van der Waals surface area contributed by atoms with Gasteiger partial charge in [0.2, 0.25) is 0 Å². The number of carbonyl (C=O) groups is 1. The molecule has 2 heterocycles. The average Bonchev–Trinajstić information content (AvgIpc) is 3.08. The summed E-state index contributed by atoms with van der Waals surface area (Å²) in [6.07, 6.45) is -3.67. The second-order valence-corrected chi connectivity index (χ2v) is 11.0. The zero-order chi connectivity index (χ0) is 26.6. The number of aliphatic hydroxyl groups excluding tert-OH is 2. The molecule has 3 rings (SSSR count). The smallest absolute Gasteiger partial charge is 0.459 e. The van der Waals surface area contributed by atoms with E-state index < -0.39 is 50.9 Å². The van der Waals surface area contributed by atoms with Gasteiger partial charge in [0.25, 0.3) is 0 Å². The minimum absolute atomic E-state index is 0.195. The van der Waals surface area contributed by atoms with Crippen molar-refractivity contribution in [1.29, 1.82) is 0 Å². The van der Waals surface area contributed by atoms with E-state index in [0.717, 1.165) is 0 Å². The predicted octanol–water partition coefficient (Wildman–Crippen LogP) is 3.34. The Bertz CT molecular complexity index is 1220. The molecule has 1 aliphatic rings. The van der Waals surface area contributed by atoms with Crippen LogP contribution >= 0.6 is 32.2 Å². The summed E-state index contributed by atoms with van der Waals surface area (Å²) in [6, 6.07) is 7.21. The van der Waals surface area contributed by atoms with Gasteiger partial charge >= 0.3 is 13.7 Å². The third kappa shape index (κ3) is 7.08. The Morgan fingerprint density at radius 3 is 2.53 bits per heavy atom. The molecular formula is C22H30N3O8PS2. The quantitative estimate of drug-likeness (QED) is 0.193. The van der Waals surface area contributed by atoms with Crippen LogP contribution in [0.1, 0.15) is 32.6 Å². The number of nitrogens with zero attached hydrogens (tertiary/aromatic N) is 1. The highest BCUT2D eigenvalue weighted by molar-refractivity contribution is 7.72. The van der Waals surface area contributed by atoms with Crippen molar-refractivity contribution < 1.29 is 38.1 Å². The van der Waals surface area contributed by atoms with E-state index in [4.69, 9.17) is 43.0 Å². The van der Waals surface area contributed by atoms with Gasteiger partial charge in [0.15, 0.2) is 11.0 Å². The lowest BCUT2D eigenvalue weighted by molar-refractivity contribution is -0.149. The Morgan fingerprint density at radius 1 is 1.22 bits per heavy atom. The van der Waals surface area contributed by atoms with Gasteiger partial charge in [-0.3, -0.25) is 13.9 Å². The van der Waals surface area contributed by atoms with Gasteiger partial charge in [-0.1, -0.05) is 30.4 Å². The van der Waals surface area contributed by atoms with E-state index in [1.807, 2.05) is 0 Å². The van der Waals surface area contributed by atoms with E-state index in [9.17, 15) is 19.6 Å². The monoisotopic (exact) mass is 559 g/mol. The van der Waals surface area contributed by atoms with Crippen LogP contribution in [0.4, 0.5) is 0 Å². The number of H-pyrrole nitrogens is 1. The Morgan fingerprint density at radius 2 is 1.89 bits per heavy atom. The molecule has 36 heavy (non-hydrogen) atoms. The van der Waals surface area contributed by atoms with E-state index in [1.165, 1.54) is 11.5 Å². The van der Waals surface area contributed by atoms with Crippen LogP contribution in [0.25, 0.3) is 0 Å². The third-order valence-electron chi connectivity index (χ3n) is 5.19. The molecule has 1 fully saturated rings. The van der Waals surface area contributed by atoms with Crippen LogP contribution in [0.15, 0.2) is 36.5 Å². The van der Waals surface area contributed by atoms with E-state index >= 15 is 0 Å². The first-order valence-corrected chi connectivity index (χ1v) is 13.6. The van der Waals surface area contributed by atoms with Gasteiger partial charge in [-0.15, -0.1) is 0 Å². The first-order chi connectivity index (χ1) is 16.9. The molecule has 0 bridgehead atoms. The minimum Gasteiger partial charge on any atom is -0.462 e. The fourth-order valence-corrected chi connectivity index (χ4v) is 5.35. The van der Waals surface area contributed by atoms with Gasteiger partial charge in [-0.2, -0.15) is 5.09 Å². The lowest BCUT2D eigenvalue weighted by Gasteiger charge is -2.25. The van der Waals surface area contributed by atoms with Crippen molar-refractivity contribution in [2.75, 3.05) is 6.61 Å². The molecule has 0 saturated carbocycles. The van der Waals surface area contributed by atoms with Crippen molar-refractivity contribution in [3.63, 3.8) is 0 Å². The summed E-state index contributed by atoms with van der Waals surface area (Å²) >= 11 is 10.5. The number of aromatic nitrogens is 2. The molecule has 0 radical (unpaired) electrons. The van der Waals surface area contributed by atoms with Crippen LogP contribution in [0.2, 0.25) is 0 Å². The third-order valence-corrected chi connectivity index (χ3v) is 7.57. The molecule has 0 spiro atoms. The summed E-state index contributed by atoms with van der Waals surface area (Å²) in [4.78, 5) is 15.1.